The maximum absolute atomic E-state index is 13.1. The summed E-state index contributed by atoms with van der Waals surface area (Å²) in [5.41, 5.74) is 3.46. The van der Waals surface area contributed by atoms with Crippen LogP contribution in [0.1, 0.15) is 28.8 Å². The van der Waals surface area contributed by atoms with E-state index in [0.717, 1.165) is 39.9 Å². The van der Waals surface area contributed by atoms with Crippen LogP contribution in [0.25, 0.3) is 10.9 Å². The molecule has 0 atom stereocenters. The summed E-state index contributed by atoms with van der Waals surface area (Å²) in [6.07, 6.45) is 3.32. The van der Waals surface area contributed by atoms with Gasteiger partial charge in [0.05, 0.1) is 17.0 Å². The Morgan fingerprint density at radius 1 is 0.941 bits per heavy atom. The molecule has 0 radical (unpaired) electrons. The summed E-state index contributed by atoms with van der Waals surface area (Å²) in [5, 5.41) is 11.2. The van der Waals surface area contributed by atoms with Gasteiger partial charge in [0.2, 0.25) is 0 Å². The number of para-hydroxylation sites is 1. The number of aliphatic hydroxyl groups is 1. The minimum absolute atomic E-state index is 0.0389. The van der Waals surface area contributed by atoms with Gasteiger partial charge in [0, 0.05) is 41.3 Å². The molecule has 0 saturated carbocycles. The average Bonchev–Trinajstić information content (AvgIpc) is 2.92. The summed E-state index contributed by atoms with van der Waals surface area (Å²) in [4.78, 5) is 20.5. The lowest BCUT2D eigenvalue weighted by Crippen LogP contribution is -2.46. The first-order chi connectivity index (χ1) is 16.7. The Labute approximate surface area is 204 Å². The molecule has 34 heavy (non-hydrogen) atoms. The number of anilines is 1. The van der Waals surface area contributed by atoms with E-state index in [9.17, 15) is 9.90 Å². The zero-order chi connectivity index (χ0) is 23.4. The number of fused-ring (bicyclic) bond motifs is 1. The highest BCUT2D eigenvalue weighted by Crippen LogP contribution is 2.35. The van der Waals surface area contributed by atoms with Crippen molar-refractivity contribution in [3.8, 4) is 0 Å². The van der Waals surface area contributed by atoms with Crippen LogP contribution >= 0.6 is 11.9 Å². The number of aromatic nitrogens is 1. The van der Waals surface area contributed by atoms with Crippen molar-refractivity contribution < 1.29 is 9.90 Å². The van der Waals surface area contributed by atoms with Crippen LogP contribution in [0.5, 0.6) is 0 Å². The predicted molar refractivity (Wildman–Crippen MR) is 138 cm³/mol. The Hall–Kier alpha value is -3.35. The van der Waals surface area contributed by atoms with Crippen molar-refractivity contribution in [1.82, 2.24) is 9.88 Å². The molecule has 5 nitrogen and oxygen atoms in total. The third-order valence-electron chi connectivity index (χ3n) is 6.70. The normalized spacial score (nSPS) is 15.3. The van der Waals surface area contributed by atoms with Crippen LogP contribution < -0.4 is 4.72 Å². The lowest BCUT2D eigenvalue weighted by Gasteiger charge is -2.41. The molecule has 172 valence electrons. The van der Waals surface area contributed by atoms with Crippen LogP contribution in [0.2, 0.25) is 0 Å². The molecule has 5 rings (SSSR count). The molecule has 1 saturated heterocycles. The number of rotatable bonds is 6. The van der Waals surface area contributed by atoms with Crippen molar-refractivity contribution in [1.29, 1.82) is 0 Å². The van der Waals surface area contributed by atoms with E-state index in [1.54, 1.807) is 6.20 Å². The van der Waals surface area contributed by atoms with Crippen molar-refractivity contribution in [2.24, 2.45) is 0 Å². The number of piperidine rings is 1. The smallest absolute Gasteiger partial charge is 0.253 e. The van der Waals surface area contributed by atoms with Crippen LogP contribution in [0.3, 0.4) is 0 Å². The third-order valence-corrected chi connectivity index (χ3v) is 7.59. The minimum Gasteiger partial charge on any atom is -0.395 e. The number of aliphatic hydroxyl groups excluding tert-OH is 1. The van der Waals surface area contributed by atoms with Gasteiger partial charge < -0.3 is 14.7 Å². The van der Waals surface area contributed by atoms with Gasteiger partial charge in [-0.3, -0.25) is 9.78 Å². The first kappa shape index (κ1) is 22.4. The van der Waals surface area contributed by atoms with Crippen LogP contribution in [0.4, 0.5) is 5.69 Å². The van der Waals surface area contributed by atoms with E-state index in [1.165, 1.54) is 11.9 Å². The standard InChI is InChI=1S/C28H27N3O2S/c32-20-28(23-8-2-1-3-9-23)15-18-31(19-16-28)27(33)22-11-13-24(14-12-22)30-34-25-10-4-6-21-7-5-17-29-26(21)25/h1-14,17,30,32H,15-16,18-20H2. The molecule has 6 heteroatoms. The summed E-state index contributed by atoms with van der Waals surface area (Å²) in [7, 11) is 0. The van der Waals surface area contributed by atoms with Crippen molar-refractivity contribution in [2.45, 2.75) is 23.2 Å². The quantitative estimate of drug-likeness (QED) is 0.364. The van der Waals surface area contributed by atoms with Crippen molar-refractivity contribution in [3.63, 3.8) is 0 Å². The minimum atomic E-state index is -0.264. The Bertz CT molecular complexity index is 1260. The second-order valence-corrected chi connectivity index (χ2v) is 9.56. The fourth-order valence-electron chi connectivity index (χ4n) is 4.60. The average molecular weight is 470 g/mol. The first-order valence-corrected chi connectivity index (χ1v) is 12.3. The molecule has 3 aromatic carbocycles. The van der Waals surface area contributed by atoms with E-state index >= 15 is 0 Å². The molecule has 2 N–H and O–H groups in total. The lowest BCUT2D eigenvalue weighted by atomic mass is 9.73. The predicted octanol–water partition coefficient (Wildman–Crippen LogP) is 5.52. The van der Waals surface area contributed by atoms with Gasteiger partial charge >= 0.3 is 0 Å². The highest BCUT2D eigenvalue weighted by atomic mass is 32.2. The fraction of sp³-hybridized carbons (Fsp3) is 0.214. The van der Waals surface area contributed by atoms with Crippen LogP contribution in [-0.2, 0) is 5.41 Å². The number of likely N-dealkylation sites (tertiary alicyclic amines) is 1. The Morgan fingerprint density at radius 3 is 2.41 bits per heavy atom. The highest BCUT2D eigenvalue weighted by molar-refractivity contribution is 8.00. The molecule has 0 unspecified atom stereocenters. The summed E-state index contributed by atoms with van der Waals surface area (Å²) < 4.78 is 3.36. The Morgan fingerprint density at radius 2 is 1.68 bits per heavy atom. The number of nitrogens with one attached hydrogen (secondary N) is 1. The molecule has 0 bridgehead atoms. The number of carbonyl (C=O) groups is 1. The molecule has 1 aromatic heterocycles. The molecular weight excluding hydrogens is 442 g/mol. The molecule has 1 aliphatic rings. The lowest BCUT2D eigenvalue weighted by molar-refractivity contribution is 0.0594. The van der Waals surface area contributed by atoms with Gasteiger partial charge in [-0.25, -0.2) is 0 Å². The van der Waals surface area contributed by atoms with Crippen molar-refractivity contribution in [3.05, 3.63) is 102 Å². The molecule has 0 spiro atoms. The number of nitrogens with zero attached hydrogens (tertiary/aromatic N) is 2. The van der Waals surface area contributed by atoms with Crippen molar-refractivity contribution in [2.75, 3.05) is 24.4 Å². The zero-order valence-electron chi connectivity index (χ0n) is 18.9. The van der Waals surface area contributed by atoms with E-state index in [2.05, 4.69) is 34.0 Å². The highest BCUT2D eigenvalue weighted by Gasteiger charge is 2.37. The van der Waals surface area contributed by atoms with E-state index in [-0.39, 0.29) is 17.9 Å². The van der Waals surface area contributed by atoms with E-state index in [1.807, 2.05) is 65.6 Å². The number of hydrogen-bond donors (Lipinski definition) is 2. The number of carbonyl (C=O) groups excluding carboxylic acids is 1. The van der Waals surface area contributed by atoms with Gasteiger partial charge in [-0.2, -0.15) is 0 Å². The summed E-state index contributed by atoms with van der Waals surface area (Å²) in [6, 6.07) is 27.9. The molecule has 4 aromatic rings. The number of benzene rings is 3. The summed E-state index contributed by atoms with van der Waals surface area (Å²) >= 11 is 1.51. The van der Waals surface area contributed by atoms with Gasteiger partial charge in [0.1, 0.15) is 0 Å². The zero-order valence-corrected chi connectivity index (χ0v) is 19.7. The Balaban J connectivity index is 1.21. The van der Waals surface area contributed by atoms with Gasteiger partial charge in [-0.05, 0) is 66.8 Å². The topological polar surface area (TPSA) is 65.5 Å². The number of amides is 1. The maximum Gasteiger partial charge on any atom is 0.253 e. The number of hydrogen-bond acceptors (Lipinski definition) is 5. The molecule has 1 fully saturated rings. The SMILES string of the molecule is O=C(c1ccc(NSc2cccc3cccnc23)cc1)N1CCC(CO)(c2ccccc2)CC1. The Kier molecular flexibility index (Phi) is 6.52. The van der Waals surface area contributed by atoms with Crippen molar-refractivity contribution >= 4 is 34.4 Å². The second kappa shape index (κ2) is 9.87. The third kappa shape index (κ3) is 4.52. The van der Waals surface area contributed by atoms with Gasteiger partial charge in [-0.1, -0.05) is 48.5 Å². The van der Waals surface area contributed by atoms with Crippen LogP contribution in [-0.4, -0.2) is 40.6 Å². The van der Waals surface area contributed by atoms with E-state index in [0.29, 0.717) is 18.7 Å². The van der Waals surface area contributed by atoms with Gasteiger partial charge in [0.25, 0.3) is 5.91 Å². The second-order valence-electron chi connectivity index (χ2n) is 8.71. The fourth-order valence-corrected chi connectivity index (χ4v) is 5.38. The maximum atomic E-state index is 13.1. The van der Waals surface area contributed by atoms with Crippen LogP contribution in [0.15, 0.2) is 96.0 Å². The summed E-state index contributed by atoms with van der Waals surface area (Å²) in [5.74, 6) is 0.0389. The molecule has 1 aliphatic heterocycles. The molecular formula is C28H27N3O2S. The summed E-state index contributed by atoms with van der Waals surface area (Å²) in [6.45, 7) is 1.37. The van der Waals surface area contributed by atoms with Crippen LogP contribution in [0, 0.1) is 0 Å². The number of pyridine rings is 1. The van der Waals surface area contributed by atoms with E-state index < -0.39 is 0 Å². The van der Waals surface area contributed by atoms with Gasteiger partial charge in [0.15, 0.2) is 0 Å². The van der Waals surface area contributed by atoms with Gasteiger partial charge in [-0.15, -0.1) is 0 Å². The monoisotopic (exact) mass is 469 g/mol. The largest absolute Gasteiger partial charge is 0.395 e. The first-order valence-electron chi connectivity index (χ1n) is 11.5. The molecule has 0 aliphatic carbocycles. The van der Waals surface area contributed by atoms with E-state index in [4.69, 9.17) is 0 Å². The molecule has 2 heterocycles. The molecule has 1 amide bonds.